The summed E-state index contributed by atoms with van der Waals surface area (Å²) in [6.07, 6.45) is 3.68. The summed E-state index contributed by atoms with van der Waals surface area (Å²) in [5.74, 6) is 0. The molecule has 104 valence electrons. The lowest BCUT2D eigenvalue weighted by Gasteiger charge is -2.32. The van der Waals surface area contributed by atoms with Crippen molar-refractivity contribution < 1.29 is 9.90 Å². The van der Waals surface area contributed by atoms with Crippen molar-refractivity contribution in [3.05, 3.63) is 12.7 Å². The third-order valence-corrected chi connectivity index (χ3v) is 3.37. The number of rotatable bonds is 6. The number of nitrogens with one attached hydrogen (secondary N) is 1. The highest BCUT2D eigenvalue weighted by Gasteiger charge is 2.21. The zero-order chi connectivity index (χ0) is 13.4. The third kappa shape index (κ3) is 4.66. The van der Waals surface area contributed by atoms with E-state index in [2.05, 4.69) is 23.7 Å². The minimum absolute atomic E-state index is 0.0183. The maximum Gasteiger partial charge on any atom is 0.317 e. The largest absolute Gasteiger partial charge is 0.395 e. The van der Waals surface area contributed by atoms with E-state index in [1.165, 1.54) is 0 Å². The minimum Gasteiger partial charge on any atom is -0.395 e. The lowest BCUT2D eigenvalue weighted by atomic mass is 10.1. The zero-order valence-electron chi connectivity index (χ0n) is 11.3. The quantitative estimate of drug-likeness (QED) is 0.686. The van der Waals surface area contributed by atoms with Crippen molar-refractivity contribution in [2.75, 3.05) is 39.3 Å². The van der Waals surface area contributed by atoms with Gasteiger partial charge in [0.25, 0.3) is 0 Å². The average Bonchev–Trinajstić information content (AvgIpc) is 2.39. The van der Waals surface area contributed by atoms with Crippen molar-refractivity contribution in [3.8, 4) is 0 Å². The predicted octanol–water partition coefficient (Wildman–Crippen LogP) is 0.661. The first kappa shape index (κ1) is 15.0. The number of amides is 2. The van der Waals surface area contributed by atoms with E-state index in [-0.39, 0.29) is 18.7 Å². The van der Waals surface area contributed by atoms with Gasteiger partial charge in [-0.15, -0.1) is 6.58 Å². The molecule has 18 heavy (non-hydrogen) atoms. The van der Waals surface area contributed by atoms with Crippen LogP contribution in [0.1, 0.15) is 19.8 Å². The molecule has 1 heterocycles. The molecule has 1 aliphatic rings. The van der Waals surface area contributed by atoms with Crippen LogP contribution in [0.15, 0.2) is 12.7 Å². The van der Waals surface area contributed by atoms with Gasteiger partial charge in [-0.1, -0.05) is 13.0 Å². The molecule has 0 aliphatic carbocycles. The minimum atomic E-state index is -0.0982. The lowest BCUT2D eigenvalue weighted by Crippen LogP contribution is -2.49. The molecule has 0 radical (unpaired) electrons. The molecule has 0 aromatic rings. The van der Waals surface area contributed by atoms with E-state index in [1.54, 1.807) is 11.0 Å². The second-order valence-electron chi connectivity index (χ2n) is 4.62. The summed E-state index contributed by atoms with van der Waals surface area (Å²) >= 11 is 0. The Morgan fingerprint density at radius 3 is 2.72 bits per heavy atom. The van der Waals surface area contributed by atoms with Crippen molar-refractivity contribution in [1.29, 1.82) is 0 Å². The highest BCUT2D eigenvalue weighted by atomic mass is 16.3. The van der Waals surface area contributed by atoms with Gasteiger partial charge in [0.15, 0.2) is 0 Å². The Kier molecular flexibility index (Phi) is 6.75. The second-order valence-corrected chi connectivity index (χ2v) is 4.62. The molecule has 5 nitrogen and oxygen atoms in total. The van der Waals surface area contributed by atoms with E-state index in [9.17, 15) is 4.79 Å². The number of carbonyl (C=O) groups is 1. The summed E-state index contributed by atoms with van der Waals surface area (Å²) in [5.41, 5.74) is 0. The van der Waals surface area contributed by atoms with Crippen molar-refractivity contribution in [2.45, 2.75) is 25.8 Å². The number of aliphatic hydroxyl groups is 1. The fraction of sp³-hybridized carbons (Fsp3) is 0.769. The monoisotopic (exact) mass is 255 g/mol. The lowest BCUT2D eigenvalue weighted by molar-refractivity contribution is 0.167. The van der Waals surface area contributed by atoms with Crippen LogP contribution < -0.4 is 5.32 Å². The molecule has 1 saturated heterocycles. The number of likely N-dealkylation sites (tertiary alicyclic amines) is 1. The molecule has 0 spiro atoms. The van der Waals surface area contributed by atoms with E-state index >= 15 is 0 Å². The molecular formula is C13H25N3O2. The van der Waals surface area contributed by atoms with E-state index in [1.807, 2.05) is 0 Å². The maximum absolute atomic E-state index is 12.0. The van der Waals surface area contributed by atoms with Crippen LogP contribution in [0.3, 0.4) is 0 Å². The Balaban J connectivity index is 2.36. The number of carbonyl (C=O) groups excluding carboxylic acids is 1. The molecular weight excluding hydrogens is 230 g/mol. The van der Waals surface area contributed by atoms with Crippen LogP contribution in [0.4, 0.5) is 4.79 Å². The third-order valence-electron chi connectivity index (χ3n) is 3.37. The van der Waals surface area contributed by atoms with Crippen molar-refractivity contribution in [3.63, 3.8) is 0 Å². The van der Waals surface area contributed by atoms with E-state index in [4.69, 9.17) is 5.11 Å². The first-order valence-corrected chi connectivity index (χ1v) is 6.70. The van der Waals surface area contributed by atoms with Gasteiger partial charge in [0, 0.05) is 32.2 Å². The first-order valence-electron chi connectivity index (χ1n) is 6.70. The van der Waals surface area contributed by atoms with Gasteiger partial charge in [-0.25, -0.2) is 4.79 Å². The summed E-state index contributed by atoms with van der Waals surface area (Å²) < 4.78 is 0. The first-order chi connectivity index (χ1) is 8.71. The summed E-state index contributed by atoms with van der Waals surface area (Å²) in [6, 6.07) is 0.158. The Morgan fingerprint density at radius 1 is 1.56 bits per heavy atom. The Labute approximate surface area is 109 Å². The van der Waals surface area contributed by atoms with Gasteiger partial charge in [0.05, 0.1) is 6.61 Å². The zero-order valence-corrected chi connectivity index (χ0v) is 11.3. The molecule has 0 saturated carbocycles. The summed E-state index contributed by atoms with van der Waals surface area (Å²) in [4.78, 5) is 16.0. The molecule has 1 aliphatic heterocycles. The number of urea groups is 1. The number of aliphatic hydroxyl groups excluding tert-OH is 1. The number of nitrogens with zero attached hydrogens (tertiary/aromatic N) is 2. The van der Waals surface area contributed by atoms with Gasteiger partial charge in [0.2, 0.25) is 0 Å². The van der Waals surface area contributed by atoms with Gasteiger partial charge in [0.1, 0.15) is 0 Å². The molecule has 2 amide bonds. The number of hydrogen-bond donors (Lipinski definition) is 2. The summed E-state index contributed by atoms with van der Waals surface area (Å²) in [7, 11) is 0. The smallest absolute Gasteiger partial charge is 0.317 e. The Morgan fingerprint density at radius 2 is 2.22 bits per heavy atom. The molecule has 0 bridgehead atoms. The number of hydrogen-bond acceptors (Lipinski definition) is 3. The molecule has 2 N–H and O–H groups in total. The molecule has 0 unspecified atom stereocenters. The van der Waals surface area contributed by atoms with Crippen LogP contribution in [0, 0.1) is 0 Å². The fourth-order valence-corrected chi connectivity index (χ4v) is 2.21. The Hall–Kier alpha value is -1.07. The maximum atomic E-state index is 12.0. The van der Waals surface area contributed by atoms with Crippen LogP contribution in [-0.4, -0.2) is 66.3 Å². The molecule has 0 atom stereocenters. The Bertz CT molecular complexity index is 263. The van der Waals surface area contributed by atoms with Gasteiger partial charge < -0.3 is 20.2 Å². The van der Waals surface area contributed by atoms with Crippen LogP contribution in [0.2, 0.25) is 0 Å². The molecule has 5 heteroatoms. The average molecular weight is 255 g/mol. The molecule has 0 aromatic carbocycles. The van der Waals surface area contributed by atoms with E-state index in [0.717, 1.165) is 32.5 Å². The molecule has 1 fully saturated rings. The molecule has 1 rings (SSSR count). The normalized spacial score (nSPS) is 17.4. The van der Waals surface area contributed by atoms with Gasteiger partial charge in [-0.05, 0) is 19.4 Å². The predicted molar refractivity (Wildman–Crippen MR) is 72.5 cm³/mol. The second kappa shape index (κ2) is 8.11. The van der Waals surface area contributed by atoms with Gasteiger partial charge >= 0.3 is 6.03 Å². The standard InChI is InChI=1S/C13H25N3O2/c1-3-7-16(10-11-17)13(18)14-12-5-8-15(4-2)9-6-12/h3,12,17H,1,4-11H2,2H3,(H,14,18). The highest BCUT2D eigenvalue weighted by molar-refractivity contribution is 5.74. The summed E-state index contributed by atoms with van der Waals surface area (Å²) in [5, 5.41) is 12.0. The van der Waals surface area contributed by atoms with Crippen LogP contribution in [0.5, 0.6) is 0 Å². The fourth-order valence-electron chi connectivity index (χ4n) is 2.21. The molecule has 0 aromatic heterocycles. The summed E-state index contributed by atoms with van der Waals surface area (Å²) in [6.45, 7) is 9.75. The van der Waals surface area contributed by atoms with Crippen molar-refractivity contribution in [2.24, 2.45) is 0 Å². The van der Waals surface area contributed by atoms with Crippen LogP contribution >= 0.6 is 0 Å². The van der Waals surface area contributed by atoms with E-state index in [0.29, 0.717) is 13.1 Å². The highest BCUT2D eigenvalue weighted by Crippen LogP contribution is 2.10. The van der Waals surface area contributed by atoms with E-state index < -0.39 is 0 Å². The van der Waals surface area contributed by atoms with Gasteiger partial charge in [-0.2, -0.15) is 0 Å². The van der Waals surface area contributed by atoms with Gasteiger partial charge in [-0.3, -0.25) is 0 Å². The van der Waals surface area contributed by atoms with Crippen molar-refractivity contribution >= 4 is 6.03 Å². The van der Waals surface area contributed by atoms with Crippen molar-refractivity contribution in [1.82, 2.24) is 15.1 Å². The SMILES string of the molecule is C=CCN(CCO)C(=O)NC1CCN(CC)CC1. The van der Waals surface area contributed by atoms with Crippen LogP contribution in [0.25, 0.3) is 0 Å². The topological polar surface area (TPSA) is 55.8 Å². The number of piperidine rings is 1. The van der Waals surface area contributed by atoms with Crippen LogP contribution in [-0.2, 0) is 0 Å².